The molecule has 0 saturated carbocycles. The standard InChI is InChI=1S/C27H30N4O3/c1-18(28)25(32)30-23(16-19-8-3-2-4-9-19)27(34)31-15-7-12-24(31)26(33)29-22-14-13-20-10-5-6-11-21(20)17-22/h2-6,8-11,13-14,17-18,23-24H,7,12,15-16,28H2,1H3,(H,29,33)(H,30,32)/t18-,23+,24+/m0/s1. The number of nitrogens with two attached hydrogens (primary N) is 1. The Hall–Kier alpha value is -3.71. The van der Waals surface area contributed by atoms with Crippen molar-refractivity contribution in [3.8, 4) is 0 Å². The lowest BCUT2D eigenvalue weighted by atomic mass is 10.0. The number of carbonyl (C=O) groups is 3. The molecule has 1 saturated heterocycles. The van der Waals surface area contributed by atoms with E-state index >= 15 is 0 Å². The summed E-state index contributed by atoms with van der Waals surface area (Å²) in [6.45, 7) is 2.04. The number of hydrogen-bond donors (Lipinski definition) is 3. The third-order valence-electron chi connectivity index (χ3n) is 6.17. The van der Waals surface area contributed by atoms with Gasteiger partial charge < -0.3 is 21.3 Å². The molecule has 7 nitrogen and oxygen atoms in total. The Morgan fingerprint density at radius 2 is 1.71 bits per heavy atom. The molecule has 4 rings (SSSR count). The molecule has 0 aliphatic carbocycles. The first-order valence-electron chi connectivity index (χ1n) is 11.6. The number of nitrogens with zero attached hydrogens (tertiary/aromatic N) is 1. The van der Waals surface area contributed by atoms with Crippen LogP contribution in [-0.4, -0.2) is 47.3 Å². The maximum atomic E-state index is 13.5. The van der Waals surface area contributed by atoms with Crippen LogP contribution in [0.25, 0.3) is 10.8 Å². The highest BCUT2D eigenvalue weighted by molar-refractivity contribution is 6.00. The van der Waals surface area contributed by atoms with Gasteiger partial charge in [0.05, 0.1) is 6.04 Å². The van der Waals surface area contributed by atoms with E-state index in [9.17, 15) is 14.4 Å². The van der Waals surface area contributed by atoms with Gasteiger partial charge in [0.25, 0.3) is 0 Å². The number of amides is 3. The first-order valence-corrected chi connectivity index (χ1v) is 11.6. The molecule has 1 aliphatic rings. The fraction of sp³-hybridized carbons (Fsp3) is 0.296. The summed E-state index contributed by atoms with van der Waals surface area (Å²) >= 11 is 0. The summed E-state index contributed by atoms with van der Waals surface area (Å²) < 4.78 is 0. The minimum absolute atomic E-state index is 0.224. The van der Waals surface area contributed by atoms with Crippen molar-refractivity contribution in [3.05, 3.63) is 78.4 Å². The van der Waals surface area contributed by atoms with E-state index in [1.807, 2.05) is 72.8 Å². The summed E-state index contributed by atoms with van der Waals surface area (Å²) in [5.74, 6) is -0.891. The smallest absolute Gasteiger partial charge is 0.247 e. The molecule has 34 heavy (non-hydrogen) atoms. The molecule has 3 atom stereocenters. The lowest BCUT2D eigenvalue weighted by Gasteiger charge is -2.29. The Morgan fingerprint density at radius 3 is 2.44 bits per heavy atom. The number of likely N-dealkylation sites (tertiary alicyclic amines) is 1. The molecule has 0 aromatic heterocycles. The van der Waals surface area contributed by atoms with E-state index in [1.54, 1.807) is 11.8 Å². The molecule has 0 unspecified atom stereocenters. The van der Waals surface area contributed by atoms with Crippen molar-refractivity contribution in [2.24, 2.45) is 5.73 Å². The van der Waals surface area contributed by atoms with E-state index in [-0.39, 0.29) is 11.8 Å². The number of rotatable bonds is 7. The van der Waals surface area contributed by atoms with Crippen LogP contribution in [-0.2, 0) is 20.8 Å². The second-order valence-corrected chi connectivity index (χ2v) is 8.78. The summed E-state index contributed by atoms with van der Waals surface area (Å²) in [5, 5.41) is 7.87. The molecule has 3 aromatic rings. The molecule has 0 bridgehead atoms. The van der Waals surface area contributed by atoms with E-state index in [4.69, 9.17) is 5.73 Å². The molecule has 0 radical (unpaired) electrons. The Labute approximate surface area is 199 Å². The average Bonchev–Trinajstić information content (AvgIpc) is 3.34. The van der Waals surface area contributed by atoms with Gasteiger partial charge in [-0.25, -0.2) is 0 Å². The largest absolute Gasteiger partial charge is 0.343 e. The molecule has 3 amide bonds. The number of nitrogens with one attached hydrogen (secondary N) is 2. The van der Waals surface area contributed by atoms with Crippen LogP contribution in [0.1, 0.15) is 25.3 Å². The molecule has 1 fully saturated rings. The van der Waals surface area contributed by atoms with Gasteiger partial charge >= 0.3 is 0 Å². The SMILES string of the molecule is C[C@H](N)C(=O)N[C@H](Cc1ccccc1)C(=O)N1CCC[C@@H]1C(=O)Nc1ccc2ccccc2c1. The Kier molecular flexibility index (Phi) is 7.23. The third kappa shape index (κ3) is 5.43. The predicted octanol–water partition coefficient (Wildman–Crippen LogP) is 2.84. The van der Waals surface area contributed by atoms with Crippen molar-refractivity contribution in [3.63, 3.8) is 0 Å². The lowest BCUT2D eigenvalue weighted by Crippen LogP contribution is -2.55. The van der Waals surface area contributed by atoms with Crippen molar-refractivity contribution in [2.45, 2.75) is 44.3 Å². The molecule has 1 aliphatic heterocycles. The fourth-order valence-electron chi connectivity index (χ4n) is 4.35. The molecular formula is C27H30N4O3. The van der Waals surface area contributed by atoms with Crippen molar-refractivity contribution in [2.75, 3.05) is 11.9 Å². The number of hydrogen-bond acceptors (Lipinski definition) is 4. The van der Waals surface area contributed by atoms with Crippen LogP contribution in [0.4, 0.5) is 5.69 Å². The zero-order valence-corrected chi connectivity index (χ0v) is 19.2. The second-order valence-electron chi connectivity index (χ2n) is 8.78. The summed E-state index contributed by atoms with van der Waals surface area (Å²) in [6, 6.07) is 21.0. The Bertz CT molecular complexity index is 1180. The normalized spacial score (nSPS) is 17.2. The van der Waals surface area contributed by atoms with Crippen LogP contribution in [0.15, 0.2) is 72.8 Å². The first-order chi connectivity index (χ1) is 16.4. The highest BCUT2D eigenvalue weighted by atomic mass is 16.2. The van der Waals surface area contributed by atoms with Crippen LogP contribution in [0.5, 0.6) is 0 Å². The minimum atomic E-state index is -0.796. The van der Waals surface area contributed by atoms with Gasteiger partial charge in [0.2, 0.25) is 17.7 Å². The molecule has 0 spiro atoms. The maximum absolute atomic E-state index is 13.5. The monoisotopic (exact) mass is 458 g/mol. The van der Waals surface area contributed by atoms with Gasteiger partial charge in [-0.3, -0.25) is 14.4 Å². The van der Waals surface area contributed by atoms with Crippen LogP contribution in [0.2, 0.25) is 0 Å². The van der Waals surface area contributed by atoms with Crippen molar-refractivity contribution < 1.29 is 14.4 Å². The fourth-order valence-corrected chi connectivity index (χ4v) is 4.35. The van der Waals surface area contributed by atoms with Gasteiger partial charge in [-0.15, -0.1) is 0 Å². The Balaban J connectivity index is 1.50. The summed E-state index contributed by atoms with van der Waals surface area (Å²) in [6.07, 6.45) is 1.62. The topological polar surface area (TPSA) is 105 Å². The molecule has 1 heterocycles. The van der Waals surface area contributed by atoms with E-state index in [0.29, 0.717) is 25.1 Å². The number of anilines is 1. The summed E-state index contributed by atoms with van der Waals surface area (Å²) in [5.41, 5.74) is 7.34. The minimum Gasteiger partial charge on any atom is -0.343 e. The molecule has 4 N–H and O–H groups in total. The number of benzene rings is 3. The molecular weight excluding hydrogens is 428 g/mol. The van der Waals surface area contributed by atoms with E-state index in [0.717, 1.165) is 22.8 Å². The van der Waals surface area contributed by atoms with Gasteiger partial charge in [0.1, 0.15) is 12.1 Å². The van der Waals surface area contributed by atoms with Crippen LogP contribution >= 0.6 is 0 Å². The van der Waals surface area contributed by atoms with Crippen molar-refractivity contribution >= 4 is 34.2 Å². The highest BCUT2D eigenvalue weighted by Gasteiger charge is 2.38. The van der Waals surface area contributed by atoms with Crippen LogP contribution in [0.3, 0.4) is 0 Å². The summed E-state index contributed by atoms with van der Waals surface area (Å²) in [7, 11) is 0. The number of carbonyl (C=O) groups excluding carboxylic acids is 3. The van der Waals surface area contributed by atoms with E-state index in [2.05, 4.69) is 10.6 Å². The molecule has 176 valence electrons. The van der Waals surface area contributed by atoms with Gasteiger partial charge in [-0.1, -0.05) is 60.7 Å². The third-order valence-corrected chi connectivity index (χ3v) is 6.17. The summed E-state index contributed by atoms with van der Waals surface area (Å²) in [4.78, 5) is 40.6. The first kappa shape index (κ1) is 23.4. The second kappa shape index (κ2) is 10.5. The molecule has 3 aromatic carbocycles. The van der Waals surface area contributed by atoms with Gasteiger partial charge in [-0.05, 0) is 48.2 Å². The van der Waals surface area contributed by atoms with E-state index in [1.165, 1.54) is 0 Å². The van der Waals surface area contributed by atoms with Crippen LogP contribution in [0, 0.1) is 0 Å². The Morgan fingerprint density at radius 1 is 1.00 bits per heavy atom. The maximum Gasteiger partial charge on any atom is 0.247 e. The zero-order chi connectivity index (χ0) is 24.1. The quantitative estimate of drug-likeness (QED) is 0.506. The lowest BCUT2D eigenvalue weighted by molar-refractivity contribution is -0.140. The zero-order valence-electron chi connectivity index (χ0n) is 19.2. The van der Waals surface area contributed by atoms with Crippen molar-refractivity contribution in [1.29, 1.82) is 0 Å². The average molecular weight is 459 g/mol. The van der Waals surface area contributed by atoms with Gasteiger partial charge in [-0.2, -0.15) is 0 Å². The van der Waals surface area contributed by atoms with E-state index < -0.39 is 24.0 Å². The molecule has 7 heteroatoms. The van der Waals surface area contributed by atoms with Gasteiger partial charge in [0, 0.05) is 18.7 Å². The predicted molar refractivity (Wildman–Crippen MR) is 133 cm³/mol. The van der Waals surface area contributed by atoms with Gasteiger partial charge in [0.15, 0.2) is 0 Å². The highest BCUT2D eigenvalue weighted by Crippen LogP contribution is 2.23. The van der Waals surface area contributed by atoms with Crippen LogP contribution < -0.4 is 16.4 Å². The number of fused-ring (bicyclic) bond motifs is 1. The van der Waals surface area contributed by atoms with Crippen molar-refractivity contribution in [1.82, 2.24) is 10.2 Å².